The molecule has 2 atom stereocenters. The highest BCUT2D eigenvalue weighted by atomic mass is 16.3. The molecule has 18 heavy (non-hydrogen) atoms. The largest absolute Gasteiger partial charge is 0.394 e. The van der Waals surface area contributed by atoms with E-state index in [-0.39, 0.29) is 12.7 Å². The summed E-state index contributed by atoms with van der Waals surface area (Å²) in [7, 11) is 0. The molecule has 0 saturated carbocycles. The van der Waals surface area contributed by atoms with Crippen molar-refractivity contribution in [1.82, 2.24) is 0 Å². The minimum Gasteiger partial charge on any atom is -0.394 e. The van der Waals surface area contributed by atoms with Gasteiger partial charge in [0.1, 0.15) is 0 Å². The van der Waals surface area contributed by atoms with E-state index in [1.807, 2.05) is 20.8 Å². The van der Waals surface area contributed by atoms with Crippen molar-refractivity contribution in [1.29, 1.82) is 0 Å². The fourth-order valence-corrected chi connectivity index (χ4v) is 1.29. The number of allylic oxidation sites excluding steroid dienone is 1. The molecule has 3 heteroatoms. The van der Waals surface area contributed by atoms with Crippen molar-refractivity contribution in [2.45, 2.75) is 66.1 Å². The first-order chi connectivity index (χ1) is 8.33. The lowest BCUT2D eigenvalue weighted by molar-refractivity contribution is 0.0782. The van der Waals surface area contributed by atoms with E-state index in [0.717, 1.165) is 12.8 Å². The summed E-state index contributed by atoms with van der Waals surface area (Å²) in [6.07, 6.45) is 5.86. The van der Waals surface area contributed by atoms with Crippen LogP contribution in [0.1, 0.15) is 53.9 Å². The Bertz CT molecular complexity index is 188. The van der Waals surface area contributed by atoms with Gasteiger partial charge in [0, 0.05) is 0 Å². The first kappa shape index (κ1) is 19.9. The van der Waals surface area contributed by atoms with Crippen LogP contribution in [0, 0.1) is 11.8 Å². The van der Waals surface area contributed by atoms with Crippen molar-refractivity contribution in [3.05, 3.63) is 12.2 Å². The van der Waals surface area contributed by atoms with Crippen molar-refractivity contribution in [3.63, 3.8) is 0 Å². The quantitative estimate of drug-likeness (QED) is 0.617. The Balaban J connectivity index is 0. The maximum absolute atomic E-state index is 9.12. The first-order valence-electron chi connectivity index (χ1n) is 6.97. The van der Waals surface area contributed by atoms with Crippen LogP contribution in [-0.2, 0) is 0 Å². The second kappa shape index (κ2) is 13.1. The van der Waals surface area contributed by atoms with Gasteiger partial charge in [0.2, 0.25) is 0 Å². The molecular weight excluding hydrogens is 228 g/mol. The molecule has 0 rings (SSSR count). The molecular formula is C15H32O3. The summed E-state index contributed by atoms with van der Waals surface area (Å²) in [6, 6.07) is 0. The second-order valence-corrected chi connectivity index (χ2v) is 5.44. The molecule has 0 aliphatic heterocycles. The zero-order chi connectivity index (χ0) is 14.6. The number of hydrogen-bond acceptors (Lipinski definition) is 3. The summed E-state index contributed by atoms with van der Waals surface area (Å²) in [4.78, 5) is 0. The van der Waals surface area contributed by atoms with Gasteiger partial charge in [-0.15, -0.1) is 0 Å². The highest BCUT2D eigenvalue weighted by Crippen LogP contribution is 2.02. The van der Waals surface area contributed by atoms with E-state index in [9.17, 15) is 0 Å². The lowest BCUT2D eigenvalue weighted by atomic mass is 10.1. The topological polar surface area (TPSA) is 60.7 Å². The fourth-order valence-electron chi connectivity index (χ4n) is 1.29. The molecule has 0 fully saturated rings. The van der Waals surface area contributed by atoms with Gasteiger partial charge in [0.05, 0.1) is 18.8 Å². The van der Waals surface area contributed by atoms with Crippen molar-refractivity contribution in [3.8, 4) is 0 Å². The summed E-state index contributed by atoms with van der Waals surface area (Å²) in [5.74, 6) is 1.07. The van der Waals surface area contributed by atoms with Crippen molar-refractivity contribution < 1.29 is 15.3 Å². The molecule has 0 saturated heterocycles. The van der Waals surface area contributed by atoms with Gasteiger partial charge in [-0.25, -0.2) is 0 Å². The van der Waals surface area contributed by atoms with Gasteiger partial charge in [-0.2, -0.15) is 0 Å². The molecule has 0 aliphatic rings. The molecule has 0 aromatic heterocycles. The molecule has 0 heterocycles. The lowest BCUT2D eigenvalue weighted by Gasteiger charge is -2.08. The maximum atomic E-state index is 9.12. The normalized spacial score (nSPS) is 14.8. The molecule has 0 amide bonds. The number of rotatable bonds is 7. The van der Waals surface area contributed by atoms with Crippen LogP contribution in [0.25, 0.3) is 0 Å². The molecule has 0 bridgehead atoms. The SMILES string of the molecule is CC(C)CC(O)CO.CCC(O)C/C=C/C(C)C. The molecule has 0 radical (unpaired) electrons. The highest BCUT2D eigenvalue weighted by Gasteiger charge is 2.03. The highest BCUT2D eigenvalue weighted by molar-refractivity contribution is 4.85. The van der Waals surface area contributed by atoms with Gasteiger partial charge < -0.3 is 15.3 Å². The van der Waals surface area contributed by atoms with Crippen LogP contribution < -0.4 is 0 Å². The van der Waals surface area contributed by atoms with E-state index in [1.165, 1.54) is 0 Å². The molecule has 0 aromatic carbocycles. The Kier molecular flexibility index (Phi) is 14.5. The molecule has 2 unspecified atom stereocenters. The summed E-state index contributed by atoms with van der Waals surface area (Å²) in [6.45, 7) is 10.2. The van der Waals surface area contributed by atoms with Crippen LogP contribution in [0.3, 0.4) is 0 Å². The van der Waals surface area contributed by atoms with Crippen LogP contribution in [-0.4, -0.2) is 34.1 Å². The minimum absolute atomic E-state index is 0.113. The number of aliphatic hydroxyl groups is 3. The summed E-state index contributed by atoms with van der Waals surface area (Å²) >= 11 is 0. The van der Waals surface area contributed by atoms with Gasteiger partial charge >= 0.3 is 0 Å². The third kappa shape index (κ3) is 18.0. The van der Waals surface area contributed by atoms with E-state index in [2.05, 4.69) is 26.0 Å². The van der Waals surface area contributed by atoms with Crippen LogP contribution in [0.5, 0.6) is 0 Å². The molecule has 3 nitrogen and oxygen atoms in total. The van der Waals surface area contributed by atoms with Crippen molar-refractivity contribution in [2.24, 2.45) is 11.8 Å². The average molecular weight is 260 g/mol. The zero-order valence-electron chi connectivity index (χ0n) is 12.6. The van der Waals surface area contributed by atoms with Gasteiger partial charge in [0.15, 0.2) is 0 Å². The van der Waals surface area contributed by atoms with E-state index in [0.29, 0.717) is 18.3 Å². The Morgan fingerprint density at radius 1 is 1.00 bits per heavy atom. The Morgan fingerprint density at radius 3 is 1.83 bits per heavy atom. The summed E-state index contributed by atoms with van der Waals surface area (Å²) in [5.41, 5.74) is 0. The average Bonchev–Trinajstić information content (AvgIpc) is 2.28. The Labute approximate surface area is 113 Å². The van der Waals surface area contributed by atoms with E-state index < -0.39 is 6.10 Å². The van der Waals surface area contributed by atoms with Crippen LogP contribution >= 0.6 is 0 Å². The third-order valence-corrected chi connectivity index (χ3v) is 2.35. The summed E-state index contributed by atoms with van der Waals surface area (Å²) in [5, 5.41) is 26.2. The van der Waals surface area contributed by atoms with E-state index in [1.54, 1.807) is 0 Å². The number of hydrogen-bond donors (Lipinski definition) is 3. The zero-order valence-corrected chi connectivity index (χ0v) is 12.6. The van der Waals surface area contributed by atoms with Gasteiger partial charge in [-0.1, -0.05) is 46.8 Å². The Morgan fingerprint density at radius 2 is 1.56 bits per heavy atom. The van der Waals surface area contributed by atoms with E-state index in [4.69, 9.17) is 15.3 Å². The smallest absolute Gasteiger partial charge is 0.0773 e. The predicted octanol–water partition coefficient (Wildman–Crippen LogP) is 2.75. The first-order valence-corrected chi connectivity index (χ1v) is 6.97. The van der Waals surface area contributed by atoms with Gasteiger partial charge in [-0.05, 0) is 31.1 Å². The monoisotopic (exact) mass is 260 g/mol. The maximum Gasteiger partial charge on any atom is 0.0773 e. The van der Waals surface area contributed by atoms with Gasteiger partial charge in [-0.3, -0.25) is 0 Å². The van der Waals surface area contributed by atoms with Crippen molar-refractivity contribution in [2.75, 3.05) is 6.61 Å². The Hall–Kier alpha value is -0.380. The predicted molar refractivity (Wildman–Crippen MR) is 77.4 cm³/mol. The third-order valence-electron chi connectivity index (χ3n) is 2.35. The number of aliphatic hydroxyl groups excluding tert-OH is 3. The molecule has 110 valence electrons. The molecule has 3 N–H and O–H groups in total. The van der Waals surface area contributed by atoms with Crippen LogP contribution in [0.15, 0.2) is 12.2 Å². The molecule has 0 aromatic rings. The minimum atomic E-state index is -0.519. The summed E-state index contributed by atoms with van der Waals surface area (Å²) < 4.78 is 0. The standard InChI is InChI=1S/C9H18O.C6H14O2/c1-4-9(10)7-5-6-8(2)3;1-5(2)3-6(8)4-7/h5-6,8-10H,4,7H2,1-3H3;5-8H,3-4H2,1-2H3/b6-5+;. The van der Waals surface area contributed by atoms with Crippen LogP contribution in [0.4, 0.5) is 0 Å². The van der Waals surface area contributed by atoms with Crippen LogP contribution in [0.2, 0.25) is 0 Å². The van der Waals surface area contributed by atoms with E-state index >= 15 is 0 Å². The van der Waals surface area contributed by atoms with Gasteiger partial charge in [0.25, 0.3) is 0 Å². The molecule has 0 spiro atoms. The lowest BCUT2D eigenvalue weighted by Crippen LogP contribution is -2.14. The molecule has 0 aliphatic carbocycles. The van der Waals surface area contributed by atoms with Crippen molar-refractivity contribution >= 4 is 0 Å². The second-order valence-electron chi connectivity index (χ2n) is 5.44. The fraction of sp³-hybridized carbons (Fsp3) is 0.867.